The van der Waals surface area contributed by atoms with E-state index in [4.69, 9.17) is 5.11 Å². The van der Waals surface area contributed by atoms with Gasteiger partial charge in [0.25, 0.3) is 0 Å². The highest BCUT2D eigenvalue weighted by Crippen LogP contribution is 2.28. The van der Waals surface area contributed by atoms with E-state index >= 15 is 0 Å². The van der Waals surface area contributed by atoms with E-state index in [0.29, 0.717) is 12.3 Å². The van der Waals surface area contributed by atoms with Crippen LogP contribution in [0.3, 0.4) is 0 Å². The average Bonchev–Trinajstić information content (AvgIpc) is 2.56. The zero-order valence-corrected chi connectivity index (χ0v) is 10.0. The third-order valence-corrected chi connectivity index (χ3v) is 3.33. The summed E-state index contributed by atoms with van der Waals surface area (Å²) in [5, 5.41) is 9.07. The molecule has 1 unspecified atom stereocenters. The fourth-order valence-corrected chi connectivity index (χ4v) is 2.44. The first kappa shape index (κ1) is 11.2. The summed E-state index contributed by atoms with van der Waals surface area (Å²) in [6.07, 6.45) is 1.35. The van der Waals surface area contributed by atoms with Gasteiger partial charge in [-0.15, -0.1) is 0 Å². The number of aliphatic carboxylic acids is 1. The molecule has 4 heteroatoms. The van der Waals surface area contributed by atoms with Crippen LogP contribution in [0, 0.1) is 12.8 Å². The van der Waals surface area contributed by atoms with Crippen molar-refractivity contribution in [2.24, 2.45) is 5.92 Å². The van der Waals surface area contributed by atoms with Crippen LogP contribution in [-0.2, 0) is 17.8 Å². The van der Waals surface area contributed by atoms with Crippen LogP contribution in [0.1, 0.15) is 43.4 Å². The van der Waals surface area contributed by atoms with E-state index in [0.717, 1.165) is 30.2 Å². The average molecular weight is 222 g/mol. The van der Waals surface area contributed by atoms with E-state index in [1.165, 1.54) is 0 Å². The van der Waals surface area contributed by atoms with E-state index in [2.05, 4.69) is 23.4 Å². The second kappa shape index (κ2) is 3.92. The fraction of sp³-hybridized carbons (Fsp3) is 0.667. The van der Waals surface area contributed by atoms with Crippen molar-refractivity contribution in [3.8, 4) is 0 Å². The molecule has 1 aliphatic rings. The Kier molecular flexibility index (Phi) is 2.74. The Hall–Kier alpha value is -1.32. The smallest absolute Gasteiger partial charge is 0.306 e. The molecular formula is C12H18N2O2. The van der Waals surface area contributed by atoms with Gasteiger partial charge >= 0.3 is 5.97 Å². The Bertz CT molecular complexity index is 421. The van der Waals surface area contributed by atoms with Crippen molar-refractivity contribution in [1.29, 1.82) is 0 Å². The monoisotopic (exact) mass is 222 g/mol. The normalized spacial score (nSPS) is 19.9. The summed E-state index contributed by atoms with van der Waals surface area (Å²) in [5.74, 6) is 0.464. The lowest BCUT2D eigenvalue weighted by atomic mass is 9.93. The van der Waals surface area contributed by atoms with Crippen molar-refractivity contribution in [1.82, 2.24) is 9.55 Å². The minimum Gasteiger partial charge on any atom is -0.481 e. The highest BCUT2D eigenvalue weighted by atomic mass is 16.4. The van der Waals surface area contributed by atoms with Crippen molar-refractivity contribution >= 4 is 5.97 Å². The summed E-state index contributed by atoms with van der Waals surface area (Å²) < 4.78 is 2.18. The van der Waals surface area contributed by atoms with Gasteiger partial charge in [0.05, 0.1) is 11.6 Å². The molecule has 0 fully saturated rings. The van der Waals surface area contributed by atoms with Gasteiger partial charge in [-0.05, 0) is 19.3 Å². The minimum absolute atomic E-state index is 0.235. The van der Waals surface area contributed by atoms with Gasteiger partial charge in [0.1, 0.15) is 5.82 Å². The van der Waals surface area contributed by atoms with Gasteiger partial charge in [-0.25, -0.2) is 4.98 Å². The number of hydrogen-bond acceptors (Lipinski definition) is 2. The van der Waals surface area contributed by atoms with Gasteiger partial charge in [-0.2, -0.15) is 0 Å². The number of carbonyl (C=O) groups is 1. The van der Waals surface area contributed by atoms with E-state index in [1.807, 2.05) is 6.92 Å². The molecule has 2 heterocycles. The summed E-state index contributed by atoms with van der Waals surface area (Å²) in [5.41, 5.74) is 2.20. The molecule has 1 atom stereocenters. The highest BCUT2D eigenvalue weighted by Gasteiger charge is 2.28. The summed E-state index contributed by atoms with van der Waals surface area (Å²) >= 11 is 0. The third-order valence-electron chi connectivity index (χ3n) is 3.33. The fourth-order valence-electron chi connectivity index (χ4n) is 2.44. The first-order chi connectivity index (χ1) is 7.50. The van der Waals surface area contributed by atoms with E-state index in [-0.39, 0.29) is 5.92 Å². The predicted molar refractivity (Wildman–Crippen MR) is 60.5 cm³/mol. The van der Waals surface area contributed by atoms with Crippen molar-refractivity contribution in [3.63, 3.8) is 0 Å². The molecule has 0 aromatic carbocycles. The second-order valence-corrected chi connectivity index (χ2v) is 4.83. The van der Waals surface area contributed by atoms with E-state index < -0.39 is 5.97 Å². The molecule has 16 heavy (non-hydrogen) atoms. The van der Waals surface area contributed by atoms with Gasteiger partial charge in [-0.3, -0.25) is 4.79 Å². The number of aryl methyl sites for hydroxylation is 1. The minimum atomic E-state index is -0.681. The molecule has 1 aliphatic heterocycles. The molecule has 0 spiro atoms. The standard InChI is InChI=1S/C12H18N2O2/c1-7(2)11-10-6-9(12(15)16)4-5-14(10)8(3)13-11/h7,9H,4-6H2,1-3H3,(H,15,16). The molecule has 0 bridgehead atoms. The maximum Gasteiger partial charge on any atom is 0.306 e. The van der Waals surface area contributed by atoms with Crippen LogP contribution in [0.2, 0.25) is 0 Å². The molecule has 0 saturated carbocycles. The number of hydrogen-bond donors (Lipinski definition) is 1. The van der Waals surface area contributed by atoms with Crippen LogP contribution in [0.5, 0.6) is 0 Å². The van der Waals surface area contributed by atoms with Crippen LogP contribution in [0.15, 0.2) is 0 Å². The van der Waals surface area contributed by atoms with Gasteiger partial charge in [0, 0.05) is 18.7 Å². The number of fused-ring (bicyclic) bond motifs is 1. The number of carboxylic acid groups (broad SMARTS) is 1. The Morgan fingerprint density at radius 2 is 2.25 bits per heavy atom. The highest BCUT2D eigenvalue weighted by molar-refractivity contribution is 5.70. The van der Waals surface area contributed by atoms with Crippen molar-refractivity contribution in [2.75, 3.05) is 0 Å². The maximum absolute atomic E-state index is 11.0. The number of aromatic nitrogens is 2. The summed E-state index contributed by atoms with van der Waals surface area (Å²) in [7, 11) is 0. The predicted octanol–water partition coefficient (Wildman–Crippen LogP) is 1.96. The summed E-state index contributed by atoms with van der Waals surface area (Å²) in [6.45, 7) is 6.99. The topological polar surface area (TPSA) is 55.1 Å². The number of imidazole rings is 1. The first-order valence-corrected chi connectivity index (χ1v) is 5.79. The Balaban J connectivity index is 2.38. The van der Waals surface area contributed by atoms with Crippen LogP contribution in [-0.4, -0.2) is 20.6 Å². The Morgan fingerprint density at radius 3 is 2.81 bits per heavy atom. The number of nitrogens with zero attached hydrogens (tertiary/aromatic N) is 2. The molecule has 0 amide bonds. The molecule has 1 aromatic heterocycles. The third kappa shape index (κ3) is 1.72. The van der Waals surface area contributed by atoms with Gasteiger partial charge in [-0.1, -0.05) is 13.8 Å². The largest absolute Gasteiger partial charge is 0.481 e. The van der Waals surface area contributed by atoms with Crippen LogP contribution in [0.4, 0.5) is 0 Å². The van der Waals surface area contributed by atoms with Gasteiger partial charge in [0.2, 0.25) is 0 Å². The summed E-state index contributed by atoms with van der Waals surface area (Å²) in [4.78, 5) is 15.6. The molecule has 0 saturated heterocycles. The van der Waals surface area contributed by atoms with Gasteiger partial charge < -0.3 is 9.67 Å². The van der Waals surface area contributed by atoms with Crippen molar-refractivity contribution in [2.45, 2.75) is 46.1 Å². The molecule has 1 N–H and O–H groups in total. The molecule has 4 nitrogen and oxygen atoms in total. The molecule has 0 radical (unpaired) electrons. The van der Waals surface area contributed by atoms with Crippen molar-refractivity contribution in [3.05, 3.63) is 17.2 Å². The maximum atomic E-state index is 11.0. The van der Waals surface area contributed by atoms with Crippen molar-refractivity contribution < 1.29 is 9.90 Å². The molecule has 2 rings (SSSR count). The van der Waals surface area contributed by atoms with Gasteiger partial charge in [0.15, 0.2) is 0 Å². The Morgan fingerprint density at radius 1 is 1.56 bits per heavy atom. The number of rotatable bonds is 2. The van der Waals surface area contributed by atoms with Crippen LogP contribution in [0.25, 0.3) is 0 Å². The van der Waals surface area contributed by atoms with Crippen LogP contribution < -0.4 is 0 Å². The first-order valence-electron chi connectivity index (χ1n) is 5.79. The lowest BCUT2D eigenvalue weighted by molar-refractivity contribution is -0.142. The quantitative estimate of drug-likeness (QED) is 0.832. The zero-order valence-electron chi connectivity index (χ0n) is 10.0. The lowest BCUT2D eigenvalue weighted by Gasteiger charge is -2.22. The number of carboxylic acids is 1. The molecule has 0 aliphatic carbocycles. The van der Waals surface area contributed by atoms with E-state index in [1.54, 1.807) is 0 Å². The molecular weight excluding hydrogens is 204 g/mol. The summed E-state index contributed by atoms with van der Waals surface area (Å²) in [6, 6.07) is 0. The Labute approximate surface area is 95.3 Å². The lowest BCUT2D eigenvalue weighted by Crippen LogP contribution is -2.26. The van der Waals surface area contributed by atoms with E-state index in [9.17, 15) is 4.79 Å². The zero-order chi connectivity index (χ0) is 11.9. The second-order valence-electron chi connectivity index (χ2n) is 4.83. The SMILES string of the molecule is Cc1nc(C(C)C)c2n1CCC(C(=O)O)C2. The molecule has 88 valence electrons. The van der Waals surface area contributed by atoms with Crippen LogP contribution >= 0.6 is 0 Å². The molecule has 1 aromatic rings.